The molecule has 0 radical (unpaired) electrons. The molecule has 0 aliphatic rings. The number of carbonyl (C=O) groups is 4. The van der Waals surface area contributed by atoms with Crippen LogP contribution in [-0.2, 0) is 39.0 Å². The van der Waals surface area contributed by atoms with E-state index < -0.39 is 61.2 Å². The zero-order valence-electron chi connectivity index (χ0n) is 44.1. The molecule has 6 aromatic rings. The van der Waals surface area contributed by atoms with Crippen molar-refractivity contribution in [2.45, 2.75) is 114 Å². The molecule has 0 atom stereocenters. The van der Waals surface area contributed by atoms with E-state index in [0.717, 1.165) is 9.95 Å². The van der Waals surface area contributed by atoms with Crippen LogP contribution in [0, 0.1) is 0 Å². The third kappa shape index (κ3) is 17.5. The molecule has 0 bridgehead atoms. The van der Waals surface area contributed by atoms with E-state index in [4.69, 9.17) is 28.4 Å². The molecule has 0 spiro atoms. The molecule has 18 nitrogen and oxygen atoms in total. The lowest BCUT2D eigenvalue weighted by Gasteiger charge is -2.24. The molecule has 0 saturated carbocycles. The predicted octanol–water partition coefficient (Wildman–Crippen LogP) is 11.1. The fourth-order valence-electron chi connectivity index (χ4n) is 6.44. The van der Waals surface area contributed by atoms with Gasteiger partial charge in [0.1, 0.15) is 52.5 Å². The average Bonchev–Trinajstić information content (AvgIpc) is 3.92. The Morgan fingerprint density at radius 1 is 0.568 bits per heavy atom. The minimum atomic E-state index is -4.50. The van der Waals surface area contributed by atoms with Gasteiger partial charge in [0.15, 0.2) is 5.03 Å². The summed E-state index contributed by atoms with van der Waals surface area (Å²) in [4.78, 5) is 52.5. The molecule has 2 heterocycles. The van der Waals surface area contributed by atoms with Crippen LogP contribution in [0.3, 0.4) is 0 Å². The SMILES string of the molecule is CC(C)OC(=O)n1ccc2cccc(OCCN(C)C(=O)OC(C)(C)C)c21.CN(CCOc1cccc2cc(S(=O)(=O)c3ccccc3)n(C(=O)OC(C)(C)C)c12)C(=O)OC(C)(C)C.O=S(=O)(F)c1ccccc1. The molecule has 0 fully saturated rings. The number of hydrogen-bond donors (Lipinski definition) is 0. The molecule has 402 valence electrons. The fraction of sp³-hybridized carbons (Fsp3) is 0.396. The summed E-state index contributed by atoms with van der Waals surface area (Å²) in [6.07, 6.45) is -0.767. The van der Waals surface area contributed by atoms with Gasteiger partial charge in [0.25, 0.3) is 0 Å². The van der Waals surface area contributed by atoms with E-state index >= 15 is 0 Å². The molecule has 0 saturated heterocycles. The van der Waals surface area contributed by atoms with Crippen molar-refractivity contribution in [3.63, 3.8) is 0 Å². The summed E-state index contributed by atoms with van der Waals surface area (Å²) in [5.74, 6) is 0.825. The first-order chi connectivity index (χ1) is 34.3. The quantitative estimate of drug-likeness (QED) is 0.0825. The number of ether oxygens (including phenoxy) is 6. The average molecular weight is 1070 g/mol. The van der Waals surface area contributed by atoms with Crippen molar-refractivity contribution < 1.29 is 68.3 Å². The highest BCUT2D eigenvalue weighted by Crippen LogP contribution is 2.35. The Hall–Kier alpha value is -7.13. The van der Waals surface area contributed by atoms with Gasteiger partial charge < -0.3 is 38.2 Å². The van der Waals surface area contributed by atoms with Gasteiger partial charge in [-0.1, -0.05) is 60.7 Å². The second-order valence-corrected chi connectivity index (χ2v) is 23.1. The molecule has 0 N–H and O–H groups in total. The lowest BCUT2D eigenvalue weighted by Crippen LogP contribution is -2.36. The van der Waals surface area contributed by atoms with E-state index in [0.29, 0.717) is 23.2 Å². The van der Waals surface area contributed by atoms with Crippen LogP contribution in [0.1, 0.15) is 76.2 Å². The lowest BCUT2D eigenvalue weighted by molar-refractivity contribution is 0.0269. The van der Waals surface area contributed by atoms with E-state index in [1.807, 2.05) is 39.0 Å². The Bertz CT molecular complexity index is 3100. The minimum absolute atomic E-state index is 0.0454. The van der Waals surface area contributed by atoms with Crippen molar-refractivity contribution in [1.29, 1.82) is 0 Å². The van der Waals surface area contributed by atoms with Crippen LogP contribution in [0.15, 0.2) is 130 Å². The van der Waals surface area contributed by atoms with Crippen LogP contribution in [0.2, 0.25) is 0 Å². The van der Waals surface area contributed by atoms with Crippen molar-refractivity contribution in [2.75, 3.05) is 40.4 Å². The van der Waals surface area contributed by atoms with Gasteiger partial charge in [-0.25, -0.2) is 36.7 Å². The number of carbonyl (C=O) groups excluding carboxylic acids is 4. The molecular formula is C53H67FN4O14S2. The summed E-state index contributed by atoms with van der Waals surface area (Å²) in [5, 5.41) is 1.12. The maximum Gasteiger partial charge on any atom is 0.420 e. The first kappa shape index (κ1) is 59.4. The summed E-state index contributed by atoms with van der Waals surface area (Å²) in [6, 6.07) is 28.7. The van der Waals surface area contributed by atoms with Crippen LogP contribution in [0.5, 0.6) is 11.5 Å². The molecule has 0 unspecified atom stereocenters. The molecule has 4 aromatic carbocycles. The van der Waals surface area contributed by atoms with Gasteiger partial charge in [0.2, 0.25) is 9.84 Å². The zero-order valence-corrected chi connectivity index (χ0v) is 45.7. The largest absolute Gasteiger partial charge is 0.490 e. The topological polar surface area (TPSA) is 208 Å². The minimum Gasteiger partial charge on any atom is -0.490 e. The monoisotopic (exact) mass is 1070 g/mol. The number of fused-ring (bicyclic) bond motifs is 2. The molecule has 21 heteroatoms. The van der Waals surface area contributed by atoms with Crippen molar-refractivity contribution in [1.82, 2.24) is 18.9 Å². The lowest BCUT2D eigenvalue weighted by atomic mass is 10.2. The maximum atomic E-state index is 13.6. The molecule has 0 aliphatic carbocycles. The van der Waals surface area contributed by atoms with Gasteiger partial charge in [-0.2, -0.15) is 8.42 Å². The Kier molecular flexibility index (Phi) is 19.9. The smallest absolute Gasteiger partial charge is 0.420 e. The molecule has 2 amide bonds. The number of amides is 2. The number of likely N-dealkylation sites (N-methyl/N-ethyl adjacent to an activating group) is 2. The first-order valence-corrected chi connectivity index (χ1v) is 26.3. The molecular weight excluding hydrogens is 1000 g/mol. The van der Waals surface area contributed by atoms with Gasteiger partial charge in [0, 0.05) is 31.1 Å². The van der Waals surface area contributed by atoms with Gasteiger partial charge in [0.05, 0.1) is 29.0 Å². The molecule has 6 rings (SSSR count). The summed E-state index contributed by atoms with van der Waals surface area (Å²) >= 11 is 0. The van der Waals surface area contributed by atoms with E-state index in [1.54, 1.807) is 124 Å². The van der Waals surface area contributed by atoms with Crippen molar-refractivity contribution in [3.05, 3.63) is 115 Å². The number of hydrogen-bond acceptors (Lipinski definition) is 14. The van der Waals surface area contributed by atoms with Crippen LogP contribution >= 0.6 is 0 Å². The third-order valence-electron chi connectivity index (χ3n) is 9.67. The Labute approximate surface area is 432 Å². The summed E-state index contributed by atoms with van der Waals surface area (Å²) in [6.45, 7) is 20.4. The highest BCUT2D eigenvalue weighted by atomic mass is 32.3. The summed E-state index contributed by atoms with van der Waals surface area (Å²) in [7, 11) is -5.33. The standard InChI is InChI=1S/C27H34N2O7S.C20H28N2O5.C6H5FO2S/c1-26(2,3)35-24(30)28(7)16-17-34-21-15-11-12-19-18-22(37(32,33)20-13-9-8-10-14-20)29(23(19)21)25(31)36-27(4,5)6;1-14(2)26-19(24)22-11-10-15-8-7-9-16(17(15)22)25-13-12-21(6)18(23)27-20(3,4)5;7-10(8,9)6-4-2-1-3-5-6/h8-15,18H,16-17H2,1-7H3;7-11,14H,12-13H2,1-6H3;1-5H. The number of halogens is 1. The van der Waals surface area contributed by atoms with Crippen molar-refractivity contribution in [2.24, 2.45) is 0 Å². The number of rotatable bonds is 12. The van der Waals surface area contributed by atoms with Crippen LogP contribution in [0.25, 0.3) is 21.8 Å². The number of nitrogens with zero attached hydrogens (tertiary/aromatic N) is 4. The van der Waals surface area contributed by atoms with Gasteiger partial charge in [-0.15, -0.1) is 3.89 Å². The highest BCUT2D eigenvalue weighted by molar-refractivity contribution is 7.91. The number of benzene rings is 4. The fourth-order valence-corrected chi connectivity index (χ4v) is 8.37. The Morgan fingerprint density at radius 3 is 1.45 bits per heavy atom. The third-order valence-corrected chi connectivity index (χ3v) is 12.2. The first-order valence-electron chi connectivity index (χ1n) is 23.4. The zero-order chi connectivity index (χ0) is 55.4. The van der Waals surface area contributed by atoms with Crippen molar-refractivity contribution >= 4 is 66.2 Å². The van der Waals surface area contributed by atoms with E-state index in [1.165, 1.54) is 56.8 Å². The van der Waals surface area contributed by atoms with Gasteiger partial charge in [-0.3, -0.25) is 0 Å². The van der Waals surface area contributed by atoms with Crippen LogP contribution in [-0.4, -0.2) is 123 Å². The molecule has 74 heavy (non-hydrogen) atoms. The predicted molar refractivity (Wildman–Crippen MR) is 278 cm³/mol. The summed E-state index contributed by atoms with van der Waals surface area (Å²) < 4.78 is 95.3. The van der Waals surface area contributed by atoms with E-state index in [2.05, 4.69) is 0 Å². The number of sulfone groups is 1. The molecule has 0 aliphatic heterocycles. The maximum absolute atomic E-state index is 13.6. The number of aromatic nitrogens is 2. The second kappa shape index (κ2) is 24.7. The van der Waals surface area contributed by atoms with E-state index in [-0.39, 0.29) is 51.9 Å². The normalized spacial score (nSPS) is 11.9. The summed E-state index contributed by atoms with van der Waals surface area (Å²) in [5.41, 5.74) is -1.15. The van der Waals surface area contributed by atoms with Gasteiger partial charge >= 0.3 is 34.6 Å². The Morgan fingerprint density at radius 2 is 1.01 bits per heavy atom. The van der Waals surface area contributed by atoms with Gasteiger partial charge in [-0.05, 0) is 125 Å². The molecule has 2 aromatic heterocycles. The van der Waals surface area contributed by atoms with Crippen LogP contribution in [0.4, 0.5) is 23.1 Å². The van der Waals surface area contributed by atoms with Crippen LogP contribution < -0.4 is 9.47 Å². The number of para-hydroxylation sites is 2. The van der Waals surface area contributed by atoms with Crippen molar-refractivity contribution in [3.8, 4) is 11.5 Å². The second-order valence-electron chi connectivity index (χ2n) is 19.9. The van der Waals surface area contributed by atoms with E-state index in [9.17, 15) is 39.9 Å². The highest BCUT2D eigenvalue weighted by Gasteiger charge is 2.31. The Balaban J connectivity index is 0.000000278.